The van der Waals surface area contributed by atoms with Crippen LogP contribution in [0.25, 0.3) is 0 Å². The van der Waals surface area contributed by atoms with Crippen molar-refractivity contribution in [1.29, 1.82) is 0 Å². The van der Waals surface area contributed by atoms with Crippen molar-refractivity contribution in [3.05, 3.63) is 47.8 Å². The van der Waals surface area contributed by atoms with E-state index in [0.29, 0.717) is 18.7 Å². The molecule has 2 saturated heterocycles. The molecule has 1 atom stereocenters. The molecule has 8 heteroatoms. The number of nitrogens with zero attached hydrogens (tertiary/aromatic N) is 4. The minimum atomic E-state index is -0.0434. The molecule has 2 aromatic rings. The molecule has 172 valence electrons. The first-order chi connectivity index (χ1) is 15.6. The summed E-state index contributed by atoms with van der Waals surface area (Å²) in [4.78, 5) is 29.9. The van der Waals surface area contributed by atoms with Crippen molar-refractivity contribution in [3.8, 4) is 0 Å². The number of para-hydroxylation sites is 1. The number of ether oxygens (including phenoxy) is 1. The Labute approximate surface area is 189 Å². The van der Waals surface area contributed by atoms with Crippen LogP contribution in [-0.4, -0.2) is 70.8 Å². The third-order valence-corrected chi connectivity index (χ3v) is 6.25. The number of hydrogen-bond acceptors (Lipinski definition) is 5. The minimum absolute atomic E-state index is 0.00832. The first-order valence-electron chi connectivity index (χ1n) is 11.6. The van der Waals surface area contributed by atoms with E-state index in [1.54, 1.807) is 10.7 Å². The highest BCUT2D eigenvalue weighted by molar-refractivity contribution is 5.93. The molecule has 1 aromatic carbocycles. The summed E-state index contributed by atoms with van der Waals surface area (Å²) in [7, 11) is 0. The molecule has 0 aliphatic carbocycles. The molecule has 8 nitrogen and oxygen atoms in total. The van der Waals surface area contributed by atoms with Crippen molar-refractivity contribution in [2.24, 2.45) is 5.92 Å². The van der Waals surface area contributed by atoms with E-state index in [1.807, 2.05) is 36.2 Å². The molecule has 3 heterocycles. The zero-order chi connectivity index (χ0) is 22.3. The monoisotopic (exact) mass is 439 g/mol. The van der Waals surface area contributed by atoms with Gasteiger partial charge in [-0.05, 0) is 43.4 Å². The Kier molecular flexibility index (Phi) is 7.55. The summed E-state index contributed by atoms with van der Waals surface area (Å²) in [5, 5.41) is 7.46. The summed E-state index contributed by atoms with van der Waals surface area (Å²) >= 11 is 0. The topological polar surface area (TPSA) is 79.7 Å². The molecule has 0 bridgehead atoms. The van der Waals surface area contributed by atoms with Gasteiger partial charge in [-0.25, -0.2) is 0 Å². The predicted octanol–water partition coefficient (Wildman–Crippen LogP) is 2.62. The lowest BCUT2D eigenvalue weighted by Crippen LogP contribution is -2.41. The molecule has 1 N–H and O–H groups in total. The Morgan fingerprint density at radius 3 is 2.75 bits per heavy atom. The van der Waals surface area contributed by atoms with E-state index >= 15 is 0 Å². The van der Waals surface area contributed by atoms with E-state index < -0.39 is 0 Å². The van der Waals surface area contributed by atoms with E-state index in [-0.39, 0.29) is 17.7 Å². The highest BCUT2D eigenvalue weighted by atomic mass is 16.5. The van der Waals surface area contributed by atoms with E-state index in [0.717, 1.165) is 70.0 Å². The van der Waals surface area contributed by atoms with Crippen LogP contribution in [-0.2, 0) is 22.6 Å². The Balaban J connectivity index is 1.32. The molecular weight excluding hydrogens is 406 g/mol. The maximum Gasteiger partial charge on any atom is 0.274 e. The second-order valence-electron chi connectivity index (χ2n) is 8.61. The average molecular weight is 440 g/mol. The van der Waals surface area contributed by atoms with Gasteiger partial charge in [-0.15, -0.1) is 0 Å². The van der Waals surface area contributed by atoms with Crippen LogP contribution in [0.2, 0.25) is 0 Å². The number of rotatable bonds is 7. The Hall–Kier alpha value is -2.71. The fraction of sp³-hybridized carbons (Fsp3) is 0.542. The molecule has 0 radical (unpaired) electrons. The third kappa shape index (κ3) is 5.75. The molecule has 1 unspecified atom stereocenters. The smallest absolute Gasteiger partial charge is 0.274 e. The fourth-order valence-electron chi connectivity index (χ4n) is 4.47. The second-order valence-corrected chi connectivity index (χ2v) is 8.61. The van der Waals surface area contributed by atoms with Gasteiger partial charge in [0.25, 0.3) is 5.91 Å². The summed E-state index contributed by atoms with van der Waals surface area (Å²) in [5.41, 5.74) is 2.47. The van der Waals surface area contributed by atoms with Crippen LogP contribution >= 0.6 is 0 Å². The number of morpholine rings is 1. The van der Waals surface area contributed by atoms with Gasteiger partial charge >= 0.3 is 0 Å². The van der Waals surface area contributed by atoms with Gasteiger partial charge in [-0.3, -0.25) is 19.2 Å². The summed E-state index contributed by atoms with van der Waals surface area (Å²) in [5.74, 6) is 0.125. The highest BCUT2D eigenvalue weighted by Crippen LogP contribution is 2.23. The van der Waals surface area contributed by atoms with E-state index in [2.05, 4.69) is 21.4 Å². The molecule has 2 fully saturated rings. The van der Waals surface area contributed by atoms with Crippen LogP contribution in [0.5, 0.6) is 0 Å². The van der Waals surface area contributed by atoms with Gasteiger partial charge in [0.05, 0.1) is 13.2 Å². The predicted molar refractivity (Wildman–Crippen MR) is 122 cm³/mol. The van der Waals surface area contributed by atoms with Crippen LogP contribution in [0.15, 0.2) is 36.5 Å². The quantitative estimate of drug-likeness (QED) is 0.717. The van der Waals surface area contributed by atoms with Gasteiger partial charge < -0.3 is 15.0 Å². The molecule has 32 heavy (non-hydrogen) atoms. The van der Waals surface area contributed by atoms with E-state index in [9.17, 15) is 9.59 Å². The Morgan fingerprint density at radius 1 is 1.16 bits per heavy atom. The van der Waals surface area contributed by atoms with Gasteiger partial charge in [0.1, 0.15) is 5.69 Å². The molecule has 2 amide bonds. The van der Waals surface area contributed by atoms with Gasteiger partial charge in [0.15, 0.2) is 0 Å². The molecule has 2 aliphatic heterocycles. The second kappa shape index (κ2) is 10.7. The number of amides is 2. The zero-order valence-corrected chi connectivity index (χ0v) is 18.8. The summed E-state index contributed by atoms with van der Waals surface area (Å²) < 4.78 is 7.19. The fourth-order valence-corrected chi connectivity index (χ4v) is 4.47. The molecular formula is C24H33N5O3. The van der Waals surface area contributed by atoms with Crippen molar-refractivity contribution in [3.63, 3.8) is 0 Å². The van der Waals surface area contributed by atoms with Crippen LogP contribution < -0.4 is 5.32 Å². The number of nitrogens with one attached hydrogen (secondary N) is 1. The molecule has 1 aromatic heterocycles. The first kappa shape index (κ1) is 22.5. The number of carbonyl (C=O) groups excluding carboxylic acids is 2. The SMILES string of the molecule is CCn1ccc(C(=O)N2CCCC(CC(=O)Nc3ccccc3CN3CCOCC3)C2)n1. The number of aryl methyl sites for hydroxylation is 1. The van der Waals surface area contributed by atoms with Crippen LogP contribution in [0.3, 0.4) is 0 Å². The number of aromatic nitrogens is 2. The summed E-state index contributed by atoms with van der Waals surface area (Å²) in [6.45, 7) is 8.18. The van der Waals surface area contributed by atoms with E-state index in [1.165, 1.54) is 0 Å². The maximum atomic E-state index is 12.8. The largest absolute Gasteiger partial charge is 0.379 e. The lowest BCUT2D eigenvalue weighted by Gasteiger charge is -2.32. The van der Waals surface area contributed by atoms with Gasteiger partial charge in [-0.1, -0.05) is 18.2 Å². The van der Waals surface area contributed by atoms with Gasteiger partial charge in [0, 0.05) is 57.6 Å². The van der Waals surface area contributed by atoms with Crippen LogP contribution in [0.1, 0.15) is 42.2 Å². The maximum absolute atomic E-state index is 12.8. The number of anilines is 1. The number of piperidine rings is 1. The van der Waals surface area contributed by atoms with Crippen molar-refractivity contribution in [1.82, 2.24) is 19.6 Å². The van der Waals surface area contributed by atoms with E-state index in [4.69, 9.17) is 4.74 Å². The van der Waals surface area contributed by atoms with Crippen molar-refractivity contribution >= 4 is 17.5 Å². The summed E-state index contributed by atoms with van der Waals surface area (Å²) in [6, 6.07) is 9.77. The standard InChI is InChI=1S/C24H33N5O3/c1-2-29-11-9-22(26-29)24(31)28-10-5-6-19(17-28)16-23(30)25-21-8-4-3-7-20(21)18-27-12-14-32-15-13-27/h3-4,7-9,11,19H,2,5-6,10,12-18H2,1H3,(H,25,30). The number of benzene rings is 1. The Bertz CT molecular complexity index is 922. The van der Waals surface area contributed by atoms with Crippen LogP contribution in [0, 0.1) is 5.92 Å². The normalized spacial score (nSPS) is 19.7. The van der Waals surface area contributed by atoms with Gasteiger partial charge in [0.2, 0.25) is 5.91 Å². The minimum Gasteiger partial charge on any atom is -0.379 e. The van der Waals surface area contributed by atoms with Gasteiger partial charge in [-0.2, -0.15) is 5.10 Å². The molecule has 0 spiro atoms. The first-order valence-corrected chi connectivity index (χ1v) is 11.6. The number of hydrogen-bond donors (Lipinski definition) is 1. The lowest BCUT2D eigenvalue weighted by atomic mass is 9.94. The summed E-state index contributed by atoms with van der Waals surface area (Å²) in [6.07, 6.45) is 4.11. The van der Waals surface area contributed by atoms with Crippen molar-refractivity contribution in [2.45, 2.75) is 39.3 Å². The average Bonchev–Trinajstić information content (AvgIpc) is 3.30. The van der Waals surface area contributed by atoms with Crippen molar-refractivity contribution < 1.29 is 14.3 Å². The molecule has 0 saturated carbocycles. The number of carbonyl (C=O) groups is 2. The molecule has 4 rings (SSSR count). The zero-order valence-electron chi connectivity index (χ0n) is 18.8. The third-order valence-electron chi connectivity index (χ3n) is 6.25. The molecule has 2 aliphatic rings. The number of likely N-dealkylation sites (tertiary alicyclic amines) is 1. The van der Waals surface area contributed by atoms with Crippen LogP contribution in [0.4, 0.5) is 5.69 Å². The highest BCUT2D eigenvalue weighted by Gasteiger charge is 2.27. The Morgan fingerprint density at radius 2 is 1.97 bits per heavy atom. The lowest BCUT2D eigenvalue weighted by molar-refractivity contribution is -0.117. The van der Waals surface area contributed by atoms with Crippen molar-refractivity contribution in [2.75, 3.05) is 44.7 Å².